The van der Waals surface area contributed by atoms with Crippen molar-refractivity contribution in [2.75, 3.05) is 0 Å². The lowest BCUT2D eigenvalue weighted by atomic mass is 9.92. The molecule has 3 aromatic rings. The second-order valence-corrected chi connectivity index (χ2v) is 7.26. The molecule has 2 aliphatic rings. The Kier molecular flexibility index (Phi) is 2.77. The van der Waals surface area contributed by atoms with Crippen molar-refractivity contribution in [2.45, 2.75) is 31.8 Å². The molecule has 1 amide bonds. The molecule has 1 saturated heterocycles. The molecule has 2 unspecified atom stereocenters. The maximum absolute atomic E-state index is 13.1. The minimum absolute atomic E-state index is 0.0855. The minimum Gasteiger partial charge on any atom is -0.324 e. The van der Waals surface area contributed by atoms with E-state index in [9.17, 15) is 9.59 Å². The molecule has 2 atom stereocenters. The molecule has 0 aliphatic carbocycles. The van der Waals surface area contributed by atoms with E-state index in [4.69, 9.17) is 0 Å². The first-order chi connectivity index (χ1) is 11.7. The van der Waals surface area contributed by atoms with Crippen LogP contribution in [-0.2, 0) is 0 Å². The lowest BCUT2D eigenvalue weighted by Crippen LogP contribution is -2.34. The van der Waals surface area contributed by atoms with Gasteiger partial charge < -0.3 is 4.90 Å². The van der Waals surface area contributed by atoms with Crippen LogP contribution in [0.2, 0.25) is 0 Å². The highest BCUT2D eigenvalue weighted by atomic mass is 32.1. The zero-order chi connectivity index (χ0) is 16.4. The van der Waals surface area contributed by atoms with Crippen LogP contribution in [-0.4, -0.2) is 20.2 Å². The summed E-state index contributed by atoms with van der Waals surface area (Å²) in [6, 6.07) is 8.39. The topological polar surface area (TPSA) is 54.7 Å². The highest BCUT2D eigenvalue weighted by Gasteiger charge is 2.46. The van der Waals surface area contributed by atoms with Crippen LogP contribution in [0, 0.1) is 6.92 Å². The number of thiazole rings is 1. The molecule has 1 aromatic carbocycles. The summed E-state index contributed by atoms with van der Waals surface area (Å²) in [6.07, 6.45) is 3.36. The number of carbonyl (C=O) groups excluding carboxylic acids is 1. The standard InChI is InChI=1S/C18H15N3O2S/c1-10-9-24-18-19-8-13(16(22)20(10)18)17(23)21-14-6-7-15(21)12-5-3-2-4-11(12)14/h2-5,8-9,14-15H,6-7H2,1H3. The predicted molar refractivity (Wildman–Crippen MR) is 91.4 cm³/mol. The molecule has 1 fully saturated rings. The van der Waals surface area contributed by atoms with Crippen LogP contribution in [0.4, 0.5) is 0 Å². The monoisotopic (exact) mass is 337 g/mol. The number of rotatable bonds is 1. The first-order valence-corrected chi connectivity index (χ1v) is 8.92. The van der Waals surface area contributed by atoms with Gasteiger partial charge in [-0.25, -0.2) is 4.98 Å². The fourth-order valence-corrected chi connectivity index (χ4v) is 4.96. The van der Waals surface area contributed by atoms with Crippen molar-refractivity contribution < 1.29 is 4.79 Å². The number of aromatic nitrogens is 2. The third-order valence-electron chi connectivity index (χ3n) is 5.18. The first kappa shape index (κ1) is 13.9. The van der Waals surface area contributed by atoms with Crippen LogP contribution in [0.15, 0.2) is 40.6 Å². The van der Waals surface area contributed by atoms with E-state index >= 15 is 0 Å². The van der Waals surface area contributed by atoms with Gasteiger partial charge >= 0.3 is 0 Å². The average Bonchev–Trinajstić information content (AvgIpc) is 3.27. The quantitative estimate of drug-likeness (QED) is 0.686. The van der Waals surface area contributed by atoms with Crippen molar-refractivity contribution in [3.63, 3.8) is 0 Å². The summed E-state index contributed by atoms with van der Waals surface area (Å²) < 4.78 is 1.53. The van der Waals surface area contributed by atoms with Crippen LogP contribution >= 0.6 is 11.3 Å². The Bertz CT molecular complexity index is 1020. The Morgan fingerprint density at radius 3 is 2.54 bits per heavy atom. The van der Waals surface area contributed by atoms with Gasteiger partial charge in [0.15, 0.2) is 4.96 Å². The molecule has 2 aliphatic heterocycles. The van der Waals surface area contributed by atoms with E-state index in [1.165, 1.54) is 33.1 Å². The third-order valence-corrected chi connectivity index (χ3v) is 6.14. The van der Waals surface area contributed by atoms with Gasteiger partial charge in [-0.2, -0.15) is 0 Å². The Balaban J connectivity index is 1.63. The summed E-state index contributed by atoms with van der Waals surface area (Å²) in [4.78, 5) is 32.8. The molecule has 5 nitrogen and oxygen atoms in total. The molecule has 2 aromatic heterocycles. The number of fused-ring (bicyclic) bond motifs is 6. The van der Waals surface area contributed by atoms with Crippen molar-refractivity contribution >= 4 is 22.2 Å². The fourth-order valence-electron chi connectivity index (χ4n) is 4.13. The molecular weight excluding hydrogens is 322 g/mol. The molecule has 4 heterocycles. The zero-order valence-corrected chi connectivity index (χ0v) is 13.9. The van der Waals surface area contributed by atoms with E-state index in [1.807, 2.05) is 29.3 Å². The molecule has 0 saturated carbocycles. The highest BCUT2D eigenvalue weighted by molar-refractivity contribution is 7.15. The van der Waals surface area contributed by atoms with Crippen molar-refractivity contribution in [3.8, 4) is 0 Å². The van der Waals surface area contributed by atoms with Crippen molar-refractivity contribution in [3.05, 3.63) is 68.6 Å². The van der Waals surface area contributed by atoms with Crippen LogP contribution in [0.3, 0.4) is 0 Å². The van der Waals surface area contributed by atoms with Gasteiger partial charge in [0.1, 0.15) is 5.56 Å². The molecule has 5 rings (SSSR count). The Morgan fingerprint density at radius 1 is 1.21 bits per heavy atom. The van der Waals surface area contributed by atoms with Crippen LogP contribution in [0.5, 0.6) is 0 Å². The Labute approximate surface area is 142 Å². The molecule has 120 valence electrons. The van der Waals surface area contributed by atoms with E-state index < -0.39 is 0 Å². The molecule has 2 bridgehead atoms. The van der Waals surface area contributed by atoms with Gasteiger partial charge in [-0.05, 0) is 30.9 Å². The molecule has 0 N–H and O–H groups in total. The van der Waals surface area contributed by atoms with Gasteiger partial charge in [0.25, 0.3) is 11.5 Å². The van der Waals surface area contributed by atoms with E-state index in [1.54, 1.807) is 0 Å². The maximum Gasteiger partial charge on any atom is 0.271 e. The normalized spacial score (nSPS) is 21.5. The van der Waals surface area contributed by atoms with Crippen LogP contribution < -0.4 is 5.56 Å². The van der Waals surface area contributed by atoms with Gasteiger partial charge in [0.05, 0.1) is 12.1 Å². The van der Waals surface area contributed by atoms with E-state index in [0.29, 0.717) is 4.96 Å². The van der Waals surface area contributed by atoms with Gasteiger partial charge in [0.2, 0.25) is 0 Å². The zero-order valence-electron chi connectivity index (χ0n) is 13.1. The van der Waals surface area contributed by atoms with Crippen molar-refractivity contribution in [1.29, 1.82) is 0 Å². The number of benzene rings is 1. The fraction of sp³-hybridized carbons (Fsp3) is 0.278. The molecule has 24 heavy (non-hydrogen) atoms. The predicted octanol–water partition coefficient (Wildman–Crippen LogP) is 3.10. The molecular formula is C18H15N3O2S. The van der Waals surface area contributed by atoms with E-state index in [2.05, 4.69) is 17.1 Å². The minimum atomic E-state index is -0.265. The van der Waals surface area contributed by atoms with Gasteiger partial charge in [-0.1, -0.05) is 24.3 Å². The second kappa shape index (κ2) is 4.77. The SMILES string of the molecule is Cc1csc2ncc(C(=O)N3C4CCC3c3ccccc34)c(=O)n12. The summed E-state index contributed by atoms with van der Waals surface area (Å²) in [7, 11) is 0. The first-order valence-electron chi connectivity index (χ1n) is 8.04. The number of nitrogens with zero attached hydrogens (tertiary/aromatic N) is 3. The van der Waals surface area contributed by atoms with Crippen molar-refractivity contribution in [2.24, 2.45) is 0 Å². The van der Waals surface area contributed by atoms with Gasteiger partial charge in [-0.15, -0.1) is 11.3 Å². The summed E-state index contributed by atoms with van der Waals surface area (Å²) >= 11 is 1.41. The number of carbonyl (C=O) groups is 1. The summed E-state index contributed by atoms with van der Waals surface area (Å²) in [5.74, 6) is -0.198. The maximum atomic E-state index is 13.1. The third kappa shape index (κ3) is 1.66. The Morgan fingerprint density at radius 2 is 1.88 bits per heavy atom. The lowest BCUT2D eigenvalue weighted by molar-refractivity contribution is 0.0694. The number of hydrogen-bond donors (Lipinski definition) is 0. The van der Waals surface area contributed by atoms with Crippen LogP contribution in [0.1, 0.15) is 52.1 Å². The number of amides is 1. The largest absolute Gasteiger partial charge is 0.324 e. The molecule has 0 radical (unpaired) electrons. The molecule has 6 heteroatoms. The summed E-state index contributed by atoms with van der Waals surface area (Å²) in [5, 5.41) is 1.88. The van der Waals surface area contributed by atoms with Gasteiger partial charge in [0, 0.05) is 17.3 Å². The number of hydrogen-bond acceptors (Lipinski definition) is 4. The molecule has 0 spiro atoms. The smallest absolute Gasteiger partial charge is 0.271 e. The van der Waals surface area contributed by atoms with E-state index in [-0.39, 0.29) is 29.1 Å². The lowest BCUT2D eigenvalue weighted by Gasteiger charge is -2.22. The Hall–Kier alpha value is -2.47. The highest BCUT2D eigenvalue weighted by Crippen LogP contribution is 2.53. The summed E-state index contributed by atoms with van der Waals surface area (Å²) in [5.41, 5.74) is 3.17. The number of aryl methyl sites for hydroxylation is 1. The van der Waals surface area contributed by atoms with Crippen LogP contribution in [0.25, 0.3) is 4.96 Å². The van der Waals surface area contributed by atoms with E-state index in [0.717, 1.165) is 18.5 Å². The second-order valence-electron chi connectivity index (χ2n) is 6.42. The average molecular weight is 337 g/mol. The van der Waals surface area contributed by atoms with Crippen molar-refractivity contribution in [1.82, 2.24) is 14.3 Å². The van der Waals surface area contributed by atoms with Gasteiger partial charge in [-0.3, -0.25) is 14.0 Å². The summed E-state index contributed by atoms with van der Waals surface area (Å²) in [6.45, 7) is 1.86.